The Morgan fingerprint density at radius 3 is 1.88 bits per heavy atom. The number of alkyl halides is 1. The number of nitrogens with zero attached hydrogens (tertiary/aromatic N) is 2. The molecule has 2 atom stereocenters. The van der Waals surface area contributed by atoms with Gasteiger partial charge in [0.1, 0.15) is 0 Å². The van der Waals surface area contributed by atoms with Crippen molar-refractivity contribution >= 4 is 27.7 Å². The smallest absolute Gasteiger partial charge is 0.233 e. The number of carbonyl (C=O) groups excluding carboxylic acids is 2. The first-order chi connectivity index (χ1) is 7.65. The quantitative estimate of drug-likeness (QED) is 0.702. The summed E-state index contributed by atoms with van der Waals surface area (Å²) < 4.78 is 0. The molecular weight excluding hydrogens is 272 g/mol. The molecule has 2 saturated heterocycles. The number of carbonyl (C=O) groups is 2. The zero-order valence-corrected chi connectivity index (χ0v) is 11.1. The molecule has 2 aliphatic rings. The fourth-order valence-electron chi connectivity index (χ4n) is 2.71. The predicted molar refractivity (Wildman–Crippen MR) is 64.2 cm³/mol. The van der Waals surface area contributed by atoms with Gasteiger partial charge >= 0.3 is 0 Å². The first-order valence-electron chi connectivity index (χ1n) is 5.77. The fraction of sp³-hybridized carbons (Fsp3) is 0.818. The number of rotatable bonds is 2. The molecule has 2 aliphatic heterocycles. The van der Waals surface area contributed by atoms with Crippen LogP contribution in [-0.2, 0) is 9.59 Å². The molecule has 2 amide bonds. The highest BCUT2D eigenvalue weighted by Gasteiger charge is 2.42. The van der Waals surface area contributed by atoms with Crippen molar-refractivity contribution in [3.8, 4) is 0 Å². The third kappa shape index (κ3) is 2.10. The lowest BCUT2D eigenvalue weighted by Crippen LogP contribution is -2.35. The summed E-state index contributed by atoms with van der Waals surface area (Å²) in [5.41, 5.74) is 0. The maximum Gasteiger partial charge on any atom is 0.233 e. The Labute approximate surface area is 104 Å². The van der Waals surface area contributed by atoms with Gasteiger partial charge in [-0.2, -0.15) is 0 Å². The molecule has 90 valence electrons. The third-order valence-electron chi connectivity index (χ3n) is 3.61. The molecule has 0 aromatic heterocycles. The maximum atomic E-state index is 11.6. The lowest BCUT2D eigenvalue weighted by atomic mass is 10.0. The lowest BCUT2D eigenvalue weighted by molar-refractivity contribution is -0.130. The predicted octanol–water partition coefficient (Wildman–Crippen LogP) is 0.708. The van der Waals surface area contributed by atoms with Crippen LogP contribution in [0.4, 0.5) is 0 Å². The molecule has 0 unspecified atom stereocenters. The van der Waals surface area contributed by atoms with Crippen LogP contribution in [0.15, 0.2) is 0 Å². The summed E-state index contributed by atoms with van der Waals surface area (Å²) in [6.07, 6.45) is 0.587. The van der Waals surface area contributed by atoms with Crippen molar-refractivity contribution in [1.82, 2.24) is 9.80 Å². The highest BCUT2D eigenvalue weighted by Crippen LogP contribution is 2.31. The number of hydrogen-bond donors (Lipinski definition) is 0. The highest BCUT2D eigenvalue weighted by atomic mass is 79.9. The Hall–Kier alpha value is -0.580. The molecule has 0 radical (unpaired) electrons. The van der Waals surface area contributed by atoms with Crippen LogP contribution in [0.2, 0.25) is 0 Å². The molecule has 2 heterocycles. The first-order valence-corrected chi connectivity index (χ1v) is 6.89. The van der Waals surface area contributed by atoms with Crippen LogP contribution >= 0.6 is 15.9 Å². The average Bonchev–Trinajstić information content (AvgIpc) is 2.84. The number of hydrogen-bond acceptors (Lipinski definition) is 2. The number of halogens is 1. The summed E-state index contributed by atoms with van der Waals surface area (Å²) >= 11 is 3.20. The minimum absolute atomic E-state index is 0.169. The monoisotopic (exact) mass is 288 g/mol. The van der Waals surface area contributed by atoms with Gasteiger partial charge in [-0.3, -0.25) is 9.59 Å². The van der Waals surface area contributed by atoms with Gasteiger partial charge in [-0.05, 0) is 0 Å². The summed E-state index contributed by atoms with van der Waals surface area (Å²) in [6, 6.07) is 0. The molecular formula is C11H17BrN2O2. The van der Waals surface area contributed by atoms with E-state index in [9.17, 15) is 9.59 Å². The van der Waals surface area contributed by atoms with E-state index in [1.165, 1.54) is 0 Å². The van der Waals surface area contributed by atoms with Crippen molar-refractivity contribution in [3.63, 3.8) is 0 Å². The van der Waals surface area contributed by atoms with E-state index in [2.05, 4.69) is 15.9 Å². The van der Waals surface area contributed by atoms with Crippen molar-refractivity contribution in [2.45, 2.75) is 13.3 Å². The zero-order chi connectivity index (χ0) is 11.7. The van der Waals surface area contributed by atoms with Gasteiger partial charge in [0.15, 0.2) is 0 Å². The second kappa shape index (κ2) is 4.73. The number of fused-ring (bicyclic) bond motifs is 1. The number of likely N-dealkylation sites (tertiary alicyclic amines) is 2. The second-order valence-corrected chi connectivity index (χ2v) is 5.17. The molecule has 5 heteroatoms. The van der Waals surface area contributed by atoms with Gasteiger partial charge in [0.2, 0.25) is 11.8 Å². The van der Waals surface area contributed by atoms with Gasteiger partial charge in [0.25, 0.3) is 0 Å². The van der Waals surface area contributed by atoms with Gasteiger partial charge in [0, 0.05) is 44.4 Å². The third-order valence-corrected chi connectivity index (χ3v) is 4.09. The van der Waals surface area contributed by atoms with E-state index >= 15 is 0 Å². The van der Waals surface area contributed by atoms with E-state index in [0.29, 0.717) is 23.6 Å². The molecule has 4 nitrogen and oxygen atoms in total. The van der Waals surface area contributed by atoms with Gasteiger partial charge in [-0.1, -0.05) is 22.9 Å². The van der Waals surface area contributed by atoms with Crippen LogP contribution in [0.1, 0.15) is 13.3 Å². The molecule has 0 spiro atoms. The molecule has 0 aliphatic carbocycles. The van der Waals surface area contributed by atoms with Gasteiger partial charge in [-0.25, -0.2) is 0 Å². The topological polar surface area (TPSA) is 40.6 Å². The Morgan fingerprint density at radius 2 is 1.50 bits per heavy atom. The van der Waals surface area contributed by atoms with Crippen LogP contribution < -0.4 is 0 Å². The van der Waals surface area contributed by atoms with Crippen molar-refractivity contribution < 1.29 is 9.59 Å². The van der Waals surface area contributed by atoms with E-state index in [-0.39, 0.29) is 11.8 Å². The van der Waals surface area contributed by atoms with Crippen LogP contribution in [0.5, 0.6) is 0 Å². The van der Waals surface area contributed by atoms with Gasteiger partial charge in [-0.15, -0.1) is 0 Å². The summed E-state index contributed by atoms with van der Waals surface area (Å²) in [4.78, 5) is 26.9. The van der Waals surface area contributed by atoms with E-state index < -0.39 is 0 Å². The van der Waals surface area contributed by atoms with Crippen molar-refractivity contribution in [2.24, 2.45) is 11.8 Å². The minimum atomic E-state index is 0.169. The van der Waals surface area contributed by atoms with E-state index in [4.69, 9.17) is 0 Å². The van der Waals surface area contributed by atoms with Gasteiger partial charge in [0.05, 0.1) is 5.33 Å². The SMILES string of the molecule is CCC(=O)N1C[C@@H]2CN(C(=O)CBr)C[C@@H]2C1. The molecule has 2 fully saturated rings. The van der Waals surface area contributed by atoms with Crippen molar-refractivity contribution in [1.29, 1.82) is 0 Å². The van der Waals surface area contributed by atoms with Crippen molar-refractivity contribution in [3.05, 3.63) is 0 Å². The van der Waals surface area contributed by atoms with Crippen LogP contribution in [-0.4, -0.2) is 53.1 Å². The fourth-order valence-corrected chi connectivity index (χ4v) is 3.06. The summed E-state index contributed by atoms with van der Waals surface area (Å²) in [5, 5.41) is 0.407. The Morgan fingerprint density at radius 1 is 1.06 bits per heavy atom. The molecule has 0 aromatic carbocycles. The number of amides is 2. The summed E-state index contributed by atoms with van der Waals surface area (Å²) in [6.45, 7) is 5.22. The molecule has 0 aromatic rings. The Bertz CT molecular complexity index is 266. The molecule has 0 bridgehead atoms. The second-order valence-electron chi connectivity index (χ2n) is 4.60. The van der Waals surface area contributed by atoms with Crippen molar-refractivity contribution in [2.75, 3.05) is 31.5 Å². The molecule has 0 saturated carbocycles. The maximum absolute atomic E-state index is 11.6. The largest absolute Gasteiger partial charge is 0.342 e. The van der Waals surface area contributed by atoms with Gasteiger partial charge < -0.3 is 9.80 Å². The Kier molecular flexibility index (Phi) is 3.52. The zero-order valence-electron chi connectivity index (χ0n) is 9.49. The molecule has 2 rings (SSSR count). The first kappa shape index (κ1) is 11.9. The van der Waals surface area contributed by atoms with E-state index in [1.54, 1.807) is 0 Å². The molecule has 16 heavy (non-hydrogen) atoms. The van der Waals surface area contributed by atoms with Crippen LogP contribution in [0, 0.1) is 11.8 Å². The molecule has 0 N–H and O–H groups in total. The Balaban J connectivity index is 1.91. The lowest BCUT2D eigenvalue weighted by Gasteiger charge is -2.20. The van der Waals surface area contributed by atoms with E-state index in [0.717, 1.165) is 26.2 Å². The standard InChI is InChI=1S/C11H17BrN2O2/c1-2-10(15)13-4-8-6-14(11(16)3-12)7-9(8)5-13/h8-9H,2-7H2,1H3/t8-,9+. The van der Waals surface area contributed by atoms with E-state index in [1.807, 2.05) is 16.7 Å². The highest BCUT2D eigenvalue weighted by molar-refractivity contribution is 9.09. The average molecular weight is 289 g/mol. The normalized spacial score (nSPS) is 28.4. The van der Waals surface area contributed by atoms with Crippen LogP contribution in [0.25, 0.3) is 0 Å². The minimum Gasteiger partial charge on any atom is -0.342 e. The summed E-state index contributed by atoms with van der Waals surface area (Å²) in [5.74, 6) is 1.41. The van der Waals surface area contributed by atoms with Crippen LogP contribution in [0.3, 0.4) is 0 Å². The summed E-state index contributed by atoms with van der Waals surface area (Å²) in [7, 11) is 0.